The van der Waals surface area contributed by atoms with E-state index in [1.807, 2.05) is 45.0 Å². The summed E-state index contributed by atoms with van der Waals surface area (Å²) in [7, 11) is 0. The molecule has 4 heteroatoms. The molecule has 0 fully saturated rings. The van der Waals surface area contributed by atoms with Crippen LogP contribution in [0.5, 0.6) is 0 Å². The summed E-state index contributed by atoms with van der Waals surface area (Å²) in [5.74, 6) is -0.113. The van der Waals surface area contributed by atoms with Crippen molar-refractivity contribution in [3.63, 3.8) is 0 Å². The first kappa shape index (κ1) is 15.1. The van der Waals surface area contributed by atoms with E-state index in [0.29, 0.717) is 10.7 Å². The summed E-state index contributed by atoms with van der Waals surface area (Å²) in [6.07, 6.45) is 0. The Balaban J connectivity index is 2.31. The molecule has 2 nitrogen and oxygen atoms in total. The van der Waals surface area contributed by atoms with Gasteiger partial charge in [-0.15, -0.1) is 0 Å². The number of rotatable bonds is 2. The Bertz CT molecular complexity index is 659. The normalized spacial score (nSPS) is 10.4. The summed E-state index contributed by atoms with van der Waals surface area (Å²) in [4.78, 5) is 12.4. The molecule has 1 amide bonds. The maximum absolute atomic E-state index is 12.4. The first-order chi connectivity index (χ1) is 9.38. The Hall–Kier alpha value is -1.32. The van der Waals surface area contributed by atoms with E-state index in [0.717, 1.165) is 26.7 Å². The summed E-state index contributed by atoms with van der Waals surface area (Å²) >= 11 is 9.36. The number of hydrogen-bond donors (Lipinski definition) is 1. The zero-order valence-electron chi connectivity index (χ0n) is 11.6. The number of amides is 1. The molecule has 0 aliphatic heterocycles. The molecule has 0 atom stereocenters. The van der Waals surface area contributed by atoms with E-state index in [2.05, 4.69) is 21.2 Å². The Morgan fingerprint density at radius 3 is 2.25 bits per heavy atom. The highest BCUT2D eigenvalue weighted by atomic mass is 79.9. The van der Waals surface area contributed by atoms with Gasteiger partial charge < -0.3 is 5.32 Å². The summed E-state index contributed by atoms with van der Waals surface area (Å²) in [5.41, 5.74) is 4.51. The van der Waals surface area contributed by atoms with Gasteiger partial charge in [-0.05, 0) is 66.0 Å². The average Bonchev–Trinajstić information content (AvgIpc) is 2.32. The monoisotopic (exact) mass is 351 g/mol. The lowest BCUT2D eigenvalue weighted by Crippen LogP contribution is -2.15. The topological polar surface area (TPSA) is 29.1 Å². The van der Waals surface area contributed by atoms with Crippen molar-refractivity contribution in [2.75, 3.05) is 5.32 Å². The van der Waals surface area contributed by atoms with E-state index in [1.165, 1.54) is 0 Å². The van der Waals surface area contributed by atoms with E-state index in [1.54, 1.807) is 6.07 Å². The molecule has 0 bridgehead atoms. The van der Waals surface area contributed by atoms with E-state index in [9.17, 15) is 4.79 Å². The fourth-order valence-electron chi connectivity index (χ4n) is 2.31. The molecule has 0 aliphatic rings. The first-order valence-corrected chi connectivity index (χ1v) is 7.40. The van der Waals surface area contributed by atoms with Crippen LogP contribution in [-0.2, 0) is 0 Å². The van der Waals surface area contributed by atoms with Crippen LogP contribution in [0.15, 0.2) is 34.8 Å². The standard InChI is InChI=1S/C16H15BrClNO/c1-9-6-10(2)15(11(3)7-9)16(20)19-12-4-5-13(17)14(18)8-12/h4-8H,1-3H3,(H,19,20). The van der Waals surface area contributed by atoms with Gasteiger partial charge in [0, 0.05) is 15.7 Å². The molecule has 0 radical (unpaired) electrons. The summed E-state index contributed by atoms with van der Waals surface area (Å²) in [6.45, 7) is 5.92. The minimum absolute atomic E-state index is 0.113. The second kappa shape index (κ2) is 5.98. The quantitative estimate of drug-likeness (QED) is 0.782. The molecule has 2 aromatic rings. The zero-order chi connectivity index (χ0) is 14.9. The van der Waals surface area contributed by atoms with Crippen molar-refractivity contribution in [2.24, 2.45) is 0 Å². The third kappa shape index (κ3) is 3.22. The van der Waals surface area contributed by atoms with Gasteiger partial charge in [0.05, 0.1) is 5.02 Å². The summed E-state index contributed by atoms with van der Waals surface area (Å²) < 4.78 is 0.805. The number of carbonyl (C=O) groups excluding carboxylic acids is 1. The minimum atomic E-state index is -0.113. The van der Waals surface area contributed by atoms with Crippen LogP contribution < -0.4 is 5.32 Å². The molecule has 0 saturated heterocycles. The van der Waals surface area contributed by atoms with Crippen LogP contribution >= 0.6 is 27.5 Å². The highest BCUT2D eigenvalue weighted by molar-refractivity contribution is 9.10. The van der Waals surface area contributed by atoms with E-state index >= 15 is 0 Å². The number of benzene rings is 2. The molecule has 2 rings (SSSR count). The number of carbonyl (C=O) groups is 1. The zero-order valence-corrected chi connectivity index (χ0v) is 13.9. The average molecular weight is 353 g/mol. The third-order valence-electron chi connectivity index (χ3n) is 3.08. The van der Waals surface area contributed by atoms with Crippen LogP contribution in [0, 0.1) is 20.8 Å². The van der Waals surface area contributed by atoms with E-state index < -0.39 is 0 Å². The van der Waals surface area contributed by atoms with Gasteiger partial charge in [0.25, 0.3) is 5.91 Å². The maximum Gasteiger partial charge on any atom is 0.256 e. The Morgan fingerprint density at radius 2 is 1.70 bits per heavy atom. The van der Waals surface area contributed by atoms with Gasteiger partial charge in [-0.2, -0.15) is 0 Å². The largest absolute Gasteiger partial charge is 0.322 e. The fraction of sp³-hybridized carbons (Fsp3) is 0.188. The van der Waals surface area contributed by atoms with Crippen molar-refractivity contribution < 1.29 is 4.79 Å². The fourth-order valence-corrected chi connectivity index (χ4v) is 2.73. The van der Waals surface area contributed by atoms with Gasteiger partial charge in [0.1, 0.15) is 0 Å². The van der Waals surface area contributed by atoms with Gasteiger partial charge in [-0.25, -0.2) is 0 Å². The molecule has 20 heavy (non-hydrogen) atoms. The van der Waals surface area contributed by atoms with Crippen molar-refractivity contribution >= 4 is 39.1 Å². The van der Waals surface area contributed by atoms with Crippen molar-refractivity contribution in [2.45, 2.75) is 20.8 Å². The number of hydrogen-bond acceptors (Lipinski definition) is 1. The predicted molar refractivity (Wildman–Crippen MR) is 87.8 cm³/mol. The lowest BCUT2D eigenvalue weighted by molar-refractivity contribution is 0.102. The summed E-state index contributed by atoms with van der Waals surface area (Å²) in [5, 5.41) is 3.45. The lowest BCUT2D eigenvalue weighted by Gasteiger charge is -2.12. The van der Waals surface area contributed by atoms with Crippen LogP contribution in [0.3, 0.4) is 0 Å². The van der Waals surface area contributed by atoms with Crippen LogP contribution in [0.25, 0.3) is 0 Å². The molecule has 0 aliphatic carbocycles. The van der Waals surface area contributed by atoms with E-state index in [-0.39, 0.29) is 5.91 Å². The molecule has 0 heterocycles. The first-order valence-electron chi connectivity index (χ1n) is 6.22. The lowest BCUT2D eigenvalue weighted by atomic mass is 9.99. The van der Waals surface area contributed by atoms with Gasteiger partial charge in [-0.1, -0.05) is 29.3 Å². The van der Waals surface area contributed by atoms with Crippen molar-refractivity contribution in [3.8, 4) is 0 Å². The molecular formula is C16H15BrClNO. The van der Waals surface area contributed by atoms with Crippen LogP contribution in [-0.4, -0.2) is 5.91 Å². The molecule has 0 aromatic heterocycles. The van der Waals surface area contributed by atoms with Crippen molar-refractivity contribution in [3.05, 3.63) is 62.1 Å². The maximum atomic E-state index is 12.4. The smallest absolute Gasteiger partial charge is 0.256 e. The predicted octanol–water partition coefficient (Wildman–Crippen LogP) is 5.28. The van der Waals surface area contributed by atoms with Crippen LogP contribution in [0.4, 0.5) is 5.69 Å². The Kier molecular flexibility index (Phi) is 4.51. The van der Waals surface area contributed by atoms with Gasteiger partial charge in [0.2, 0.25) is 0 Å². The number of anilines is 1. The molecule has 0 saturated carbocycles. The second-order valence-electron chi connectivity index (χ2n) is 4.86. The minimum Gasteiger partial charge on any atom is -0.322 e. The van der Waals surface area contributed by atoms with E-state index in [4.69, 9.17) is 11.6 Å². The molecular weight excluding hydrogens is 338 g/mol. The van der Waals surface area contributed by atoms with Crippen molar-refractivity contribution in [1.29, 1.82) is 0 Å². The van der Waals surface area contributed by atoms with Crippen molar-refractivity contribution in [1.82, 2.24) is 0 Å². The van der Waals surface area contributed by atoms with Crippen LogP contribution in [0.2, 0.25) is 5.02 Å². The Morgan fingerprint density at radius 1 is 1.10 bits per heavy atom. The number of nitrogens with one attached hydrogen (secondary N) is 1. The molecule has 0 spiro atoms. The number of halogens is 2. The van der Waals surface area contributed by atoms with Gasteiger partial charge in [0.15, 0.2) is 0 Å². The SMILES string of the molecule is Cc1cc(C)c(C(=O)Nc2ccc(Br)c(Cl)c2)c(C)c1. The number of aryl methyl sites for hydroxylation is 3. The second-order valence-corrected chi connectivity index (χ2v) is 6.12. The highest BCUT2D eigenvalue weighted by Gasteiger charge is 2.13. The highest BCUT2D eigenvalue weighted by Crippen LogP contribution is 2.26. The molecule has 1 N–H and O–H groups in total. The third-order valence-corrected chi connectivity index (χ3v) is 4.31. The Labute approximate surface area is 132 Å². The molecule has 104 valence electrons. The van der Waals surface area contributed by atoms with Gasteiger partial charge >= 0.3 is 0 Å². The molecule has 2 aromatic carbocycles. The summed E-state index contributed by atoms with van der Waals surface area (Å²) in [6, 6.07) is 9.37. The van der Waals surface area contributed by atoms with Crippen LogP contribution in [0.1, 0.15) is 27.0 Å². The molecule has 0 unspecified atom stereocenters. The van der Waals surface area contributed by atoms with Gasteiger partial charge in [-0.3, -0.25) is 4.79 Å².